The van der Waals surface area contributed by atoms with Gasteiger partial charge in [-0.3, -0.25) is 9.59 Å². The van der Waals surface area contributed by atoms with E-state index < -0.39 is 0 Å². The second-order valence-electron chi connectivity index (χ2n) is 5.80. The highest BCUT2D eigenvalue weighted by molar-refractivity contribution is 6.01. The lowest BCUT2D eigenvalue weighted by Gasteiger charge is -2.04. The third-order valence-corrected chi connectivity index (χ3v) is 3.89. The van der Waals surface area contributed by atoms with Gasteiger partial charge in [-0.05, 0) is 18.1 Å². The Hall–Kier alpha value is -3.15. The van der Waals surface area contributed by atoms with E-state index in [1.54, 1.807) is 24.8 Å². The largest absolute Gasteiger partial charge is 0.356 e. The number of ketones is 1. The van der Waals surface area contributed by atoms with Crippen molar-refractivity contribution in [3.8, 4) is 0 Å². The molecule has 25 heavy (non-hydrogen) atoms. The number of carbonyl (C=O) groups is 2. The Morgan fingerprint density at radius 1 is 1.20 bits per heavy atom. The van der Waals surface area contributed by atoms with Crippen molar-refractivity contribution in [3.63, 3.8) is 0 Å². The molecule has 0 aliphatic heterocycles. The number of carbonyl (C=O) groups excluding carboxylic acids is 2. The van der Waals surface area contributed by atoms with Crippen LogP contribution >= 0.6 is 0 Å². The van der Waals surface area contributed by atoms with Gasteiger partial charge in [0.25, 0.3) is 5.91 Å². The Bertz CT molecular complexity index is 822. The lowest BCUT2D eigenvalue weighted by Crippen LogP contribution is -2.25. The van der Waals surface area contributed by atoms with Crippen LogP contribution in [0.25, 0.3) is 0 Å². The molecule has 0 unspecified atom stereocenters. The maximum Gasteiger partial charge on any atom is 0.267 e. The van der Waals surface area contributed by atoms with Gasteiger partial charge < -0.3 is 14.9 Å². The Balaban J connectivity index is 1.48. The number of amides is 1. The molecule has 0 saturated carbocycles. The van der Waals surface area contributed by atoms with Gasteiger partial charge in [-0.2, -0.15) is 0 Å². The molecule has 0 aliphatic carbocycles. The maximum absolute atomic E-state index is 12.3. The average molecular weight is 336 g/mol. The standard InChI is InChI=1S/C19H20N4O2/c24-18(11-15-5-2-1-3-6-15)16-12-17(22-13-16)19(25)21-7-4-9-23-10-8-20-14-23/h1-3,5-6,8,10,12-14,22H,4,7,9,11H2,(H,21,25). The first kappa shape index (κ1) is 16.7. The normalized spacial score (nSPS) is 10.6. The van der Waals surface area contributed by atoms with Crippen molar-refractivity contribution >= 4 is 11.7 Å². The molecule has 1 aromatic carbocycles. The Morgan fingerprint density at radius 3 is 2.80 bits per heavy atom. The molecular weight excluding hydrogens is 316 g/mol. The molecule has 2 N–H and O–H groups in total. The highest BCUT2D eigenvalue weighted by Gasteiger charge is 2.13. The van der Waals surface area contributed by atoms with Crippen molar-refractivity contribution < 1.29 is 9.59 Å². The minimum atomic E-state index is -0.204. The summed E-state index contributed by atoms with van der Waals surface area (Å²) in [5.74, 6) is -0.217. The fourth-order valence-corrected chi connectivity index (χ4v) is 2.55. The van der Waals surface area contributed by atoms with Gasteiger partial charge in [-0.15, -0.1) is 0 Å². The van der Waals surface area contributed by atoms with Crippen molar-refractivity contribution in [2.75, 3.05) is 6.54 Å². The number of nitrogens with one attached hydrogen (secondary N) is 2. The molecule has 128 valence electrons. The Morgan fingerprint density at radius 2 is 2.04 bits per heavy atom. The molecule has 0 bridgehead atoms. The lowest BCUT2D eigenvalue weighted by molar-refractivity contribution is 0.0948. The molecule has 2 aromatic heterocycles. The van der Waals surface area contributed by atoms with Crippen LogP contribution in [0.2, 0.25) is 0 Å². The van der Waals surface area contributed by atoms with Crippen LogP contribution in [0.5, 0.6) is 0 Å². The van der Waals surface area contributed by atoms with Crippen LogP contribution in [-0.2, 0) is 13.0 Å². The monoisotopic (exact) mass is 336 g/mol. The fourth-order valence-electron chi connectivity index (χ4n) is 2.55. The first-order valence-electron chi connectivity index (χ1n) is 8.22. The van der Waals surface area contributed by atoms with Crippen LogP contribution in [0.15, 0.2) is 61.3 Å². The molecule has 0 saturated heterocycles. The van der Waals surface area contributed by atoms with Crippen molar-refractivity contribution in [2.24, 2.45) is 0 Å². The highest BCUT2D eigenvalue weighted by atomic mass is 16.2. The average Bonchev–Trinajstić information content (AvgIpc) is 3.31. The summed E-state index contributed by atoms with van der Waals surface area (Å²) in [7, 11) is 0. The number of aryl methyl sites for hydroxylation is 1. The Labute approximate surface area is 145 Å². The predicted molar refractivity (Wildman–Crippen MR) is 94.4 cm³/mol. The van der Waals surface area contributed by atoms with Crippen molar-refractivity contribution in [2.45, 2.75) is 19.4 Å². The highest BCUT2D eigenvalue weighted by Crippen LogP contribution is 2.09. The van der Waals surface area contributed by atoms with Crippen LogP contribution in [0.1, 0.15) is 32.8 Å². The number of rotatable bonds is 8. The van der Waals surface area contributed by atoms with Crippen molar-refractivity contribution in [1.29, 1.82) is 0 Å². The van der Waals surface area contributed by atoms with Crippen LogP contribution in [-0.4, -0.2) is 32.8 Å². The molecule has 0 aliphatic rings. The number of aromatic nitrogens is 3. The van der Waals surface area contributed by atoms with Gasteiger partial charge in [-0.1, -0.05) is 30.3 Å². The van der Waals surface area contributed by atoms with Gasteiger partial charge in [0.15, 0.2) is 5.78 Å². The van der Waals surface area contributed by atoms with Crippen LogP contribution in [0.3, 0.4) is 0 Å². The third-order valence-electron chi connectivity index (χ3n) is 3.89. The van der Waals surface area contributed by atoms with E-state index in [2.05, 4.69) is 15.3 Å². The van der Waals surface area contributed by atoms with E-state index in [4.69, 9.17) is 0 Å². The molecule has 0 spiro atoms. The van der Waals surface area contributed by atoms with E-state index in [9.17, 15) is 9.59 Å². The minimum absolute atomic E-state index is 0.0124. The summed E-state index contributed by atoms with van der Waals surface area (Å²) in [6.07, 6.45) is 8.08. The molecule has 1 amide bonds. The summed E-state index contributed by atoms with van der Waals surface area (Å²) in [5.41, 5.74) is 1.88. The molecule has 0 radical (unpaired) electrons. The summed E-state index contributed by atoms with van der Waals surface area (Å²) in [4.78, 5) is 31.3. The fraction of sp³-hybridized carbons (Fsp3) is 0.211. The third kappa shape index (κ3) is 4.67. The Kier molecular flexibility index (Phi) is 5.41. The minimum Gasteiger partial charge on any atom is -0.356 e. The zero-order valence-electron chi connectivity index (χ0n) is 13.8. The van der Waals surface area contributed by atoms with Gasteiger partial charge >= 0.3 is 0 Å². The summed E-state index contributed by atoms with van der Waals surface area (Å²) >= 11 is 0. The van der Waals surface area contributed by atoms with Crippen LogP contribution in [0.4, 0.5) is 0 Å². The van der Waals surface area contributed by atoms with E-state index in [1.165, 1.54) is 0 Å². The topological polar surface area (TPSA) is 79.8 Å². The summed E-state index contributed by atoms with van der Waals surface area (Å²) in [6, 6.07) is 11.2. The smallest absolute Gasteiger partial charge is 0.267 e. The number of hydrogen-bond donors (Lipinski definition) is 2. The summed E-state index contributed by atoms with van der Waals surface area (Å²) < 4.78 is 1.96. The van der Waals surface area contributed by atoms with Crippen LogP contribution < -0.4 is 5.32 Å². The van der Waals surface area contributed by atoms with Gasteiger partial charge in [0.05, 0.1) is 6.33 Å². The van der Waals surface area contributed by atoms with Gasteiger partial charge in [0.2, 0.25) is 0 Å². The van der Waals surface area contributed by atoms with Gasteiger partial charge in [0.1, 0.15) is 5.69 Å². The molecule has 6 nitrogen and oxygen atoms in total. The van der Waals surface area contributed by atoms with E-state index in [1.807, 2.05) is 41.1 Å². The predicted octanol–water partition coefficient (Wildman–Crippen LogP) is 2.46. The zero-order valence-corrected chi connectivity index (χ0v) is 13.8. The molecule has 3 aromatic rings. The molecule has 3 rings (SSSR count). The molecule has 0 fully saturated rings. The number of aromatic amines is 1. The van der Waals surface area contributed by atoms with Crippen LogP contribution in [0, 0.1) is 0 Å². The number of Topliss-reactive ketones (excluding diaryl/α,β-unsaturated/α-hetero) is 1. The van der Waals surface area contributed by atoms with E-state index >= 15 is 0 Å². The SMILES string of the molecule is O=C(Cc1ccccc1)c1c[nH]c(C(=O)NCCCn2ccnc2)c1. The lowest BCUT2D eigenvalue weighted by atomic mass is 10.1. The summed E-state index contributed by atoms with van der Waals surface area (Å²) in [5, 5.41) is 2.85. The maximum atomic E-state index is 12.3. The molecule has 6 heteroatoms. The molecular formula is C19H20N4O2. The zero-order chi connectivity index (χ0) is 17.5. The van der Waals surface area contributed by atoms with Gasteiger partial charge in [-0.25, -0.2) is 4.98 Å². The second kappa shape index (κ2) is 8.10. The van der Waals surface area contributed by atoms with Crippen molar-refractivity contribution in [1.82, 2.24) is 19.9 Å². The van der Waals surface area contributed by atoms with Crippen molar-refractivity contribution in [3.05, 3.63) is 78.1 Å². The van der Waals surface area contributed by atoms with E-state index in [0.717, 1.165) is 18.5 Å². The number of imidazole rings is 1. The van der Waals surface area contributed by atoms with E-state index in [0.29, 0.717) is 24.2 Å². The number of benzene rings is 1. The van der Waals surface area contributed by atoms with Gasteiger partial charge in [0, 0.05) is 43.7 Å². The molecule has 0 atom stereocenters. The quantitative estimate of drug-likeness (QED) is 0.490. The molecule has 2 heterocycles. The summed E-state index contributed by atoms with van der Waals surface area (Å²) in [6.45, 7) is 1.36. The van der Waals surface area contributed by atoms with E-state index in [-0.39, 0.29) is 11.7 Å². The first-order valence-corrected chi connectivity index (χ1v) is 8.22. The number of hydrogen-bond acceptors (Lipinski definition) is 3. The number of H-pyrrole nitrogens is 1. The number of nitrogens with zero attached hydrogens (tertiary/aromatic N) is 2. The first-order chi connectivity index (χ1) is 12.2. The second-order valence-corrected chi connectivity index (χ2v) is 5.80.